The third kappa shape index (κ3) is 2.53. The van der Waals surface area contributed by atoms with Gasteiger partial charge in [-0.15, -0.1) is 0 Å². The molecule has 0 aliphatic rings. The van der Waals surface area contributed by atoms with Crippen LogP contribution in [0.2, 0.25) is 0 Å². The minimum Gasteiger partial charge on any atom is -0.463 e. The minimum atomic E-state index is -0.923. The smallest absolute Gasteiger partial charge is 0.373 e. The van der Waals surface area contributed by atoms with E-state index in [9.17, 15) is 9.90 Å². The molecule has 0 saturated heterocycles. The van der Waals surface area contributed by atoms with Crippen LogP contribution in [0.15, 0.2) is 59.0 Å². The van der Waals surface area contributed by atoms with E-state index in [0.29, 0.717) is 11.3 Å². The van der Waals surface area contributed by atoms with Gasteiger partial charge in [-0.05, 0) is 34.5 Å². The first-order valence-electron chi connectivity index (χ1n) is 6.54. The third-order valence-electron chi connectivity index (χ3n) is 3.37. The number of hydrogen-bond acceptors (Lipinski definition) is 4. The summed E-state index contributed by atoms with van der Waals surface area (Å²) in [5, 5.41) is 12.5. The van der Waals surface area contributed by atoms with Crippen LogP contribution in [0.4, 0.5) is 0 Å². The first kappa shape index (κ1) is 13.4. The van der Waals surface area contributed by atoms with Gasteiger partial charge < -0.3 is 14.3 Å². The maximum Gasteiger partial charge on any atom is 0.373 e. The van der Waals surface area contributed by atoms with Crippen molar-refractivity contribution in [3.8, 4) is 0 Å². The molecule has 0 fully saturated rings. The molecule has 3 aromatic rings. The van der Waals surface area contributed by atoms with E-state index in [1.54, 1.807) is 6.07 Å². The van der Waals surface area contributed by atoms with Crippen molar-refractivity contribution in [3.05, 3.63) is 71.7 Å². The van der Waals surface area contributed by atoms with Crippen LogP contribution in [0.1, 0.15) is 28.0 Å². The second kappa shape index (κ2) is 5.42. The Kier molecular flexibility index (Phi) is 3.46. The van der Waals surface area contributed by atoms with Gasteiger partial charge in [0.05, 0.1) is 7.11 Å². The predicted molar refractivity (Wildman–Crippen MR) is 78.1 cm³/mol. The van der Waals surface area contributed by atoms with Crippen LogP contribution in [0.3, 0.4) is 0 Å². The van der Waals surface area contributed by atoms with Crippen LogP contribution in [-0.4, -0.2) is 18.2 Å². The number of carbonyl (C=O) groups excluding carboxylic acids is 1. The Bertz CT molecular complexity index is 788. The van der Waals surface area contributed by atoms with Crippen molar-refractivity contribution in [2.24, 2.45) is 0 Å². The van der Waals surface area contributed by atoms with E-state index >= 15 is 0 Å². The Balaban J connectivity index is 1.94. The Morgan fingerprint density at radius 3 is 2.62 bits per heavy atom. The fourth-order valence-electron chi connectivity index (χ4n) is 2.25. The van der Waals surface area contributed by atoms with Gasteiger partial charge in [-0.3, -0.25) is 0 Å². The highest BCUT2D eigenvalue weighted by atomic mass is 16.5. The summed E-state index contributed by atoms with van der Waals surface area (Å²) in [4.78, 5) is 11.4. The van der Waals surface area contributed by atoms with Gasteiger partial charge in [-0.2, -0.15) is 0 Å². The average molecular weight is 282 g/mol. The van der Waals surface area contributed by atoms with Crippen LogP contribution in [0, 0.1) is 0 Å². The normalized spacial score (nSPS) is 12.3. The van der Waals surface area contributed by atoms with Gasteiger partial charge in [0, 0.05) is 0 Å². The number of furan rings is 1. The van der Waals surface area contributed by atoms with Gasteiger partial charge in [0.2, 0.25) is 5.76 Å². The van der Waals surface area contributed by atoms with Crippen LogP contribution in [0.5, 0.6) is 0 Å². The van der Waals surface area contributed by atoms with Crippen molar-refractivity contribution >= 4 is 16.7 Å². The summed E-state index contributed by atoms with van der Waals surface area (Å²) in [6, 6.07) is 16.7. The number of carbonyl (C=O) groups is 1. The van der Waals surface area contributed by atoms with E-state index in [1.165, 1.54) is 13.2 Å². The lowest BCUT2D eigenvalue weighted by molar-refractivity contribution is 0.0558. The van der Waals surface area contributed by atoms with Crippen molar-refractivity contribution in [1.29, 1.82) is 0 Å². The van der Waals surface area contributed by atoms with Gasteiger partial charge in [-0.25, -0.2) is 4.79 Å². The number of fused-ring (bicyclic) bond motifs is 1. The molecule has 1 N–H and O–H groups in total. The number of esters is 1. The maximum absolute atomic E-state index is 11.4. The van der Waals surface area contributed by atoms with E-state index in [4.69, 9.17) is 4.42 Å². The Hall–Kier alpha value is -2.59. The summed E-state index contributed by atoms with van der Waals surface area (Å²) >= 11 is 0. The second-order valence-corrected chi connectivity index (χ2v) is 4.70. The van der Waals surface area contributed by atoms with E-state index in [1.807, 2.05) is 42.5 Å². The predicted octanol–water partition coefficient (Wildman–Crippen LogP) is 3.30. The van der Waals surface area contributed by atoms with E-state index in [2.05, 4.69) is 4.74 Å². The molecule has 3 rings (SSSR count). The molecule has 1 atom stereocenters. The lowest BCUT2D eigenvalue weighted by Gasteiger charge is -2.09. The molecule has 0 bridgehead atoms. The summed E-state index contributed by atoms with van der Waals surface area (Å²) in [5.74, 6) is -0.176. The molecule has 0 saturated carbocycles. The molecule has 21 heavy (non-hydrogen) atoms. The zero-order chi connectivity index (χ0) is 14.8. The summed E-state index contributed by atoms with van der Waals surface area (Å²) in [6.07, 6.45) is -0.923. The highest BCUT2D eigenvalue weighted by Crippen LogP contribution is 2.27. The molecule has 0 radical (unpaired) electrons. The standard InChI is InChI=1S/C17H14O4/c1-20-17(19)15-9-8-14(21-15)16(18)13-7-6-11-4-2-3-5-12(11)10-13/h2-10,16,18H,1H3. The first-order valence-corrected chi connectivity index (χ1v) is 6.54. The summed E-state index contributed by atoms with van der Waals surface area (Å²) in [7, 11) is 1.28. The van der Waals surface area contributed by atoms with Gasteiger partial charge in [0.25, 0.3) is 0 Å². The molecule has 0 aliphatic heterocycles. The van der Waals surface area contributed by atoms with Crippen molar-refractivity contribution in [1.82, 2.24) is 0 Å². The quantitative estimate of drug-likeness (QED) is 0.749. The molecule has 106 valence electrons. The van der Waals surface area contributed by atoms with Crippen LogP contribution < -0.4 is 0 Å². The molecule has 2 aromatic carbocycles. The van der Waals surface area contributed by atoms with E-state index < -0.39 is 12.1 Å². The minimum absolute atomic E-state index is 0.0762. The Morgan fingerprint density at radius 2 is 1.86 bits per heavy atom. The monoisotopic (exact) mass is 282 g/mol. The fraction of sp³-hybridized carbons (Fsp3) is 0.118. The topological polar surface area (TPSA) is 59.7 Å². The molecule has 0 amide bonds. The van der Waals surface area contributed by atoms with Crippen molar-refractivity contribution in [3.63, 3.8) is 0 Å². The van der Waals surface area contributed by atoms with Crippen molar-refractivity contribution < 1.29 is 19.1 Å². The highest BCUT2D eigenvalue weighted by Gasteiger charge is 2.18. The summed E-state index contributed by atoms with van der Waals surface area (Å²) in [6.45, 7) is 0. The Morgan fingerprint density at radius 1 is 1.10 bits per heavy atom. The molecule has 1 unspecified atom stereocenters. The summed E-state index contributed by atoms with van der Waals surface area (Å²) < 4.78 is 9.92. The number of benzene rings is 2. The summed E-state index contributed by atoms with van der Waals surface area (Å²) in [5.41, 5.74) is 0.708. The molecule has 1 heterocycles. The zero-order valence-electron chi connectivity index (χ0n) is 11.4. The largest absolute Gasteiger partial charge is 0.463 e. The molecule has 4 heteroatoms. The number of methoxy groups -OCH3 is 1. The maximum atomic E-state index is 11.4. The third-order valence-corrected chi connectivity index (χ3v) is 3.37. The van der Waals surface area contributed by atoms with Crippen molar-refractivity contribution in [2.45, 2.75) is 6.10 Å². The van der Waals surface area contributed by atoms with Crippen molar-refractivity contribution in [2.75, 3.05) is 7.11 Å². The number of hydrogen-bond donors (Lipinski definition) is 1. The van der Waals surface area contributed by atoms with Crippen LogP contribution >= 0.6 is 0 Å². The number of aliphatic hydroxyl groups is 1. The fourth-order valence-corrected chi connectivity index (χ4v) is 2.25. The molecule has 0 aliphatic carbocycles. The van der Waals surface area contributed by atoms with Crippen LogP contribution in [0.25, 0.3) is 10.8 Å². The SMILES string of the molecule is COC(=O)c1ccc(C(O)c2ccc3ccccc3c2)o1. The molecule has 4 nitrogen and oxygen atoms in total. The van der Waals surface area contributed by atoms with Gasteiger partial charge in [0.15, 0.2) is 0 Å². The van der Waals surface area contributed by atoms with E-state index in [0.717, 1.165) is 10.8 Å². The molecule has 0 spiro atoms. The average Bonchev–Trinajstić information content (AvgIpc) is 3.03. The van der Waals surface area contributed by atoms with Gasteiger partial charge in [-0.1, -0.05) is 36.4 Å². The van der Waals surface area contributed by atoms with Gasteiger partial charge in [0.1, 0.15) is 11.9 Å². The molecular formula is C17H14O4. The zero-order valence-corrected chi connectivity index (χ0v) is 11.4. The van der Waals surface area contributed by atoms with E-state index in [-0.39, 0.29) is 5.76 Å². The highest BCUT2D eigenvalue weighted by molar-refractivity contribution is 5.86. The lowest BCUT2D eigenvalue weighted by Crippen LogP contribution is -2.00. The lowest BCUT2D eigenvalue weighted by atomic mass is 10.0. The molecule has 1 aromatic heterocycles. The first-order chi connectivity index (χ1) is 10.2. The number of aliphatic hydroxyl groups excluding tert-OH is 1. The van der Waals surface area contributed by atoms with Gasteiger partial charge >= 0.3 is 5.97 Å². The number of rotatable bonds is 3. The molecular weight excluding hydrogens is 268 g/mol. The number of ether oxygens (including phenoxy) is 1. The van der Waals surface area contributed by atoms with Crippen LogP contribution in [-0.2, 0) is 4.74 Å². The Labute approximate surface area is 121 Å². The second-order valence-electron chi connectivity index (χ2n) is 4.70.